The summed E-state index contributed by atoms with van der Waals surface area (Å²) in [6, 6.07) is 5.27. The Hall–Kier alpha value is -2.22. The fraction of sp³-hybridized carbons (Fsp3) is 0.550. The molecule has 2 aliphatic rings. The van der Waals surface area contributed by atoms with Gasteiger partial charge in [0, 0.05) is 12.3 Å². The van der Waals surface area contributed by atoms with Crippen molar-refractivity contribution in [1.29, 1.82) is 0 Å². The molecule has 0 spiro atoms. The lowest BCUT2D eigenvalue weighted by molar-refractivity contribution is -0.125. The first-order valence-corrected chi connectivity index (χ1v) is 11.8. The summed E-state index contributed by atoms with van der Waals surface area (Å²) in [7, 11) is -3.35. The van der Waals surface area contributed by atoms with Gasteiger partial charge < -0.3 is 5.32 Å². The number of nitrogens with zero attached hydrogens (tertiary/aromatic N) is 1. The van der Waals surface area contributed by atoms with Gasteiger partial charge in [-0.1, -0.05) is 37.8 Å². The van der Waals surface area contributed by atoms with Crippen molar-refractivity contribution in [2.24, 2.45) is 0 Å². The topological polar surface area (TPSA) is 101 Å². The van der Waals surface area contributed by atoms with Gasteiger partial charge in [-0.15, -0.1) is 0 Å². The van der Waals surface area contributed by atoms with Crippen LogP contribution < -0.4 is 5.32 Å². The van der Waals surface area contributed by atoms with Crippen molar-refractivity contribution in [2.45, 2.75) is 57.0 Å². The molecule has 1 N–H and O–H groups in total. The summed E-state index contributed by atoms with van der Waals surface area (Å²) < 4.78 is 23.3. The van der Waals surface area contributed by atoms with E-state index in [1.807, 2.05) is 0 Å². The van der Waals surface area contributed by atoms with E-state index in [-0.39, 0.29) is 29.3 Å². The highest BCUT2D eigenvalue weighted by Crippen LogP contribution is 2.26. The summed E-state index contributed by atoms with van der Waals surface area (Å²) in [5, 5.41) is 2.96. The number of carbonyl (C=O) groups excluding carboxylic acids is 3. The highest BCUT2D eigenvalue weighted by atomic mass is 32.2. The molecule has 152 valence electrons. The molecule has 0 aromatic heterocycles. The van der Waals surface area contributed by atoms with Gasteiger partial charge in [-0.3, -0.25) is 19.3 Å². The van der Waals surface area contributed by atoms with Crippen molar-refractivity contribution < 1.29 is 22.8 Å². The maximum absolute atomic E-state index is 13.0. The van der Waals surface area contributed by atoms with Crippen LogP contribution in [0.1, 0.15) is 65.7 Å². The third-order valence-electron chi connectivity index (χ3n) is 5.40. The molecular weight excluding hydrogens is 380 g/mol. The predicted octanol–water partition coefficient (Wildman–Crippen LogP) is 1.92. The van der Waals surface area contributed by atoms with Crippen LogP contribution >= 0.6 is 0 Å². The summed E-state index contributed by atoms with van der Waals surface area (Å²) in [6.07, 6.45) is 6.97. The van der Waals surface area contributed by atoms with E-state index in [0.29, 0.717) is 0 Å². The lowest BCUT2D eigenvalue weighted by atomic mass is 10.1. The van der Waals surface area contributed by atoms with Gasteiger partial charge in [0.05, 0.1) is 16.9 Å². The number of benzene rings is 1. The second kappa shape index (κ2) is 8.43. The Morgan fingerprint density at radius 2 is 1.61 bits per heavy atom. The molecule has 1 aliphatic heterocycles. The minimum atomic E-state index is -3.35. The summed E-state index contributed by atoms with van der Waals surface area (Å²) in [6.45, 7) is 0. The maximum atomic E-state index is 13.0. The minimum Gasteiger partial charge on any atom is -0.352 e. The summed E-state index contributed by atoms with van der Waals surface area (Å²) >= 11 is 0. The van der Waals surface area contributed by atoms with Crippen molar-refractivity contribution in [3.8, 4) is 0 Å². The van der Waals surface area contributed by atoms with Crippen molar-refractivity contribution in [2.75, 3.05) is 12.0 Å². The largest absolute Gasteiger partial charge is 0.352 e. The minimum absolute atomic E-state index is 0.00841. The third kappa shape index (κ3) is 4.60. The quantitative estimate of drug-likeness (QED) is 0.575. The Morgan fingerprint density at radius 3 is 2.11 bits per heavy atom. The molecule has 0 saturated heterocycles. The SMILES string of the molecule is CS(=O)(=O)CCC(C(=O)NC1CCCCCC1)N1C(=O)c2ccccc2C1=O. The van der Waals surface area contributed by atoms with E-state index in [9.17, 15) is 22.8 Å². The van der Waals surface area contributed by atoms with Crippen molar-refractivity contribution in [3.63, 3.8) is 0 Å². The number of rotatable bonds is 6. The molecule has 28 heavy (non-hydrogen) atoms. The first-order valence-electron chi connectivity index (χ1n) is 9.73. The van der Waals surface area contributed by atoms with E-state index in [1.165, 1.54) is 0 Å². The summed E-state index contributed by atoms with van der Waals surface area (Å²) in [4.78, 5) is 39.6. The lowest BCUT2D eigenvalue weighted by Crippen LogP contribution is -2.52. The highest BCUT2D eigenvalue weighted by molar-refractivity contribution is 7.90. The van der Waals surface area contributed by atoms with E-state index in [1.54, 1.807) is 24.3 Å². The van der Waals surface area contributed by atoms with E-state index in [0.717, 1.165) is 49.7 Å². The number of carbonyl (C=O) groups is 3. The Labute approximate surface area is 165 Å². The molecule has 3 rings (SSSR count). The van der Waals surface area contributed by atoms with E-state index in [4.69, 9.17) is 0 Å². The van der Waals surface area contributed by atoms with Crippen LogP contribution in [0.2, 0.25) is 0 Å². The smallest absolute Gasteiger partial charge is 0.262 e. The number of sulfone groups is 1. The van der Waals surface area contributed by atoms with Gasteiger partial charge in [0.25, 0.3) is 11.8 Å². The first kappa shape index (κ1) is 20.5. The molecule has 1 saturated carbocycles. The number of hydrogen-bond acceptors (Lipinski definition) is 5. The second-order valence-corrected chi connectivity index (χ2v) is 9.92. The Morgan fingerprint density at radius 1 is 1.07 bits per heavy atom. The lowest BCUT2D eigenvalue weighted by Gasteiger charge is -2.27. The first-order chi connectivity index (χ1) is 13.3. The van der Waals surface area contributed by atoms with Crippen molar-refractivity contribution >= 4 is 27.6 Å². The van der Waals surface area contributed by atoms with Crippen LogP contribution in [0.4, 0.5) is 0 Å². The Kier molecular flexibility index (Phi) is 6.17. The summed E-state index contributed by atoms with van der Waals surface area (Å²) in [5.74, 6) is -1.82. The highest BCUT2D eigenvalue weighted by Gasteiger charge is 2.43. The summed E-state index contributed by atoms with van der Waals surface area (Å²) in [5.41, 5.74) is 0.498. The van der Waals surface area contributed by atoms with Gasteiger partial charge in [-0.25, -0.2) is 8.42 Å². The third-order valence-corrected chi connectivity index (χ3v) is 6.38. The fourth-order valence-electron chi connectivity index (χ4n) is 3.92. The number of amides is 3. The standard InChI is InChI=1S/C20H26N2O5S/c1-28(26,27)13-12-17(18(23)21-14-8-4-2-3-5-9-14)22-19(24)15-10-6-7-11-16(15)20(22)25/h6-7,10-11,14,17H,2-5,8-9,12-13H2,1H3,(H,21,23). The van der Waals surface area contributed by atoms with Crippen LogP contribution in [0.5, 0.6) is 0 Å². The normalized spacial score (nSPS) is 19.2. The molecule has 1 aromatic rings. The molecular formula is C20H26N2O5S. The van der Waals surface area contributed by atoms with E-state index < -0.39 is 33.6 Å². The zero-order valence-corrected chi connectivity index (χ0v) is 16.8. The molecule has 8 heteroatoms. The Balaban J connectivity index is 1.83. The number of nitrogens with one attached hydrogen (secondary N) is 1. The molecule has 0 radical (unpaired) electrons. The maximum Gasteiger partial charge on any atom is 0.262 e. The molecule has 1 atom stereocenters. The average molecular weight is 407 g/mol. The van der Waals surface area contributed by atoms with Gasteiger partial charge in [-0.2, -0.15) is 0 Å². The van der Waals surface area contributed by atoms with Crippen molar-refractivity contribution in [3.05, 3.63) is 35.4 Å². The molecule has 1 unspecified atom stereocenters. The van der Waals surface area contributed by atoms with Crippen LogP contribution in [-0.2, 0) is 14.6 Å². The van der Waals surface area contributed by atoms with Crippen LogP contribution in [0.25, 0.3) is 0 Å². The molecule has 0 bridgehead atoms. The van der Waals surface area contributed by atoms with Gasteiger partial charge in [0.2, 0.25) is 5.91 Å². The number of fused-ring (bicyclic) bond motifs is 1. The van der Waals surface area contributed by atoms with Crippen LogP contribution in [0.3, 0.4) is 0 Å². The predicted molar refractivity (Wildman–Crippen MR) is 105 cm³/mol. The number of hydrogen-bond donors (Lipinski definition) is 1. The number of imide groups is 1. The fourth-order valence-corrected chi connectivity index (χ4v) is 4.57. The average Bonchev–Trinajstić information content (AvgIpc) is 2.82. The van der Waals surface area contributed by atoms with Crippen molar-refractivity contribution in [1.82, 2.24) is 10.2 Å². The molecule has 1 aromatic carbocycles. The van der Waals surface area contributed by atoms with Gasteiger partial charge in [0.15, 0.2) is 0 Å². The second-order valence-electron chi connectivity index (χ2n) is 7.66. The zero-order valence-electron chi connectivity index (χ0n) is 16.0. The van der Waals surface area contributed by atoms with Crippen LogP contribution in [0, 0.1) is 0 Å². The van der Waals surface area contributed by atoms with E-state index in [2.05, 4.69) is 5.32 Å². The van der Waals surface area contributed by atoms with Gasteiger partial charge >= 0.3 is 0 Å². The van der Waals surface area contributed by atoms with Crippen LogP contribution in [-0.4, -0.2) is 55.1 Å². The van der Waals surface area contributed by atoms with Gasteiger partial charge in [0.1, 0.15) is 15.9 Å². The monoisotopic (exact) mass is 406 g/mol. The molecule has 7 nitrogen and oxygen atoms in total. The molecule has 1 aliphatic carbocycles. The zero-order chi connectivity index (χ0) is 20.3. The van der Waals surface area contributed by atoms with E-state index >= 15 is 0 Å². The molecule has 1 heterocycles. The molecule has 3 amide bonds. The van der Waals surface area contributed by atoms with Crippen LogP contribution in [0.15, 0.2) is 24.3 Å². The van der Waals surface area contributed by atoms with Gasteiger partial charge in [-0.05, 0) is 31.4 Å². The Bertz CT molecular complexity index is 837. The molecule has 1 fully saturated rings.